The Morgan fingerprint density at radius 1 is 1.33 bits per heavy atom. The summed E-state index contributed by atoms with van der Waals surface area (Å²) >= 11 is 5.97. The van der Waals surface area contributed by atoms with Gasteiger partial charge in [-0.15, -0.1) is 0 Å². The second-order valence-electron chi connectivity index (χ2n) is 5.89. The first-order valence-corrected chi connectivity index (χ1v) is 8.32. The van der Waals surface area contributed by atoms with Crippen LogP contribution in [-0.2, 0) is 17.6 Å². The third-order valence-electron chi connectivity index (χ3n) is 4.02. The number of imidazole rings is 1. The number of aromatic nitrogens is 4. The van der Waals surface area contributed by atoms with Gasteiger partial charge in [-0.2, -0.15) is 5.10 Å². The van der Waals surface area contributed by atoms with E-state index in [9.17, 15) is 4.79 Å². The molecule has 0 unspecified atom stereocenters. The maximum absolute atomic E-state index is 12.0. The Morgan fingerprint density at radius 2 is 2.17 bits per heavy atom. The number of halogens is 1. The Morgan fingerprint density at radius 3 is 2.92 bits per heavy atom. The highest BCUT2D eigenvalue weighted by molar-refractivity contribution is 6.31. The third kappa shape index (κ3) is 3.76. The first kappa shape index (κ1) is 16.5. The number of carbonyl (C=O) groups excluding carboxylic acids is 1. The maximum Gasteiger partial charge on any atom is 0.224 e. The highest BCUT2D eigenvalue weighted by atomic mass is 35.5. The zero-order valence-corrected chi connectivity index (χ0v) is 14.5. The molecule has 24 heavy (non-hydrogen) atoms. The maximum atomic E-state index is 12.0. The predicted molar refractivity (Wildman–Crippen MR) is 94.2 cm³/mol. The Bertz CT molecular complexity index is 848. The summed E-state index contributed by atoms with van der Waals surface area (Å²) in [5.74, 6) is 0.919. The largest absolute Gasteiger partial charge is 0.356 e. The van der Waals surface area contributed by atoms with Gasteiger partial charge in [-0.3, -0.25) is 9.89 Å². The Labute approximate surface area is 145 Å². The lowest BCUT2D eigenvalue weighted by Crippen LogP contribution is -2.26. The molecule has 6 nitrogen and oxygen atoms in total. The average molecular weight is 346 g/mol. The van der Waals surface area contributed by atoms with Crippen LogP contribution in [-0.4, -0.2) is 32.6 Å². The minimum atomic E-state index is 0.0130. The number of benzene rings is 1. The smallest absolute Gasteiger partial charge is 0.224 e. The number of carbonyl (C=O) groups is 1. The van der Waals surface area contributed by atoms with Crippen molar-refractivity contribution in [3.05, 3.63) is 46.0 Å². The van der Waals surface area contributed by atoms with Gasteiger partial charge in [0.25, 0.3) is 0 Å². The fraction of sp³-hybridized carbons (Fsp3) is 0.353. The molecule has 0 atom stereocenters. The van der Waals surface area contributed by atoms with Gasteiger partial charge in [0, 0.05) is 29.2 Å². The monoisotopic (exact) mass is 345 g/mol. The first-order chi connectivity index (χ1) is 11.5. The molecule has 7 heteroatoms. The number of aryl methyl sites for hydroxylation is 3. The van der Waals surface area contributed by atoms with Crippen molar-refractivity contribution in [1.29, 1.82) is 0 Å². The van der Waals surface area contributed by atoms with Crippen molar-refractivity contribution in [3.8, 4) is 0 Å². The van der Waals surface area contributed by atoms with Gasteiger partial charge in [0.05, 0.1) is 23.1 Å². The molecular weight excluding hydrogens is 326 g/mol. The zero-order valence-electron chi connectivity index (χ0n) is 13.7. The van der Waals surface area contributed by atoms with Gasteiger partial charge in [0.1, 0.15) is 5.82 Å². The van der Waals surface area contributed by atoms with Crippen molar-refractivity contribution in [1.82, 2.24) is 25.5 Å². The van der Waals surface area contributed by atoms with Crippen LogP contribution in [0.3, 0.4) is 0 Å². The van der Waals surface area contributed by atoms with Gasteiger partial charge >= 0.3 is 0 Å². The van der Waals surface area contributed by atoms with Gasteiger partial charge in [-0.25, -0.2) is 4.98 Å². The first-order valence-electron chi connectivity index (χ1n) is 7.94. The Kier molecular flexibility index (Phi) is 4.85. The summed E-state index contributed by atoms with van der Waals surface area (Å²) in [6, 6.07) is 5.59. The van der Waals surface area contributed by atoms with E-state index in [1.807, 2.05) is 32.0 Å². The molecule has 0 spiro atoms. The van der Waals surface area contributed by atoms with E-state index >= 15 is 0 Å². The van der Waals surface area contributed by atoms with Gasteiger partial charge < -0.3 is 10.3 Å². The number of aromatic amines is 2. The summed E-state index contributed by atoms with van der Waals surface area (Å²) in [7, 11) is 0. The molecule has 1 aromatic carbocycles. The molecule has 0 saturated carbocycles. The standard InChI is InChI=1S/C17H20ClN5O/c1-10-13(11(2)23-22-10)9-17(24)19-7-3-4-16-20-14-6-5-12(18)8-15(14)21-16/h5-6,8H,3-4,7,9H2,1-2H3,(H,19,24)(H,20,21)(H,22,23). The summed E-state index contributed by atoms with van der Waals surface area (Å²) in [4.78, 5) is 19.8. The number of hydrogen-bond donors (Lipinski definition) is 3. The van der Waals surface area contributed by atoms with Crippen molar-refractivity contribution in [3.63, 3.8) is 0 Å². The molecule has 0 radical (unpaired) electrons. The fourth-order valence-electron chi connectivity index (χ4n) is 2.69. The van der Waals surface area contributed by atoms with Crippen LogP contribution in [0, 0.1) is 13.8 Å². The van der Waals surface area contributed by atoms with Crippen LogP contribution in [0.2, 0.25) is 5.02 Å². The molecular formula is C17H20ClN5O. The van der Waals surface area contributed by atoms with Crippen LogP contribution in [0.25, 0.3) is 11.0 Å². The normalized spacial score (nSPS) is 11.1. The molecule has 0 fully saturated rings. The zero-order chi connectivity index (χ0) is 17.1. The number of rotatable bonds is 6. The Balaban J connectivity index is 1.47. The van der Waals surface area contributed by atoms with E-state index in [2.05, 4.69) is 25.5 Å². The van der Waals surface area contributed by atoms with E-state index in [4.69, 9.17) is 11.6 Å². The lowest BCUT2D eigenvalue weighted by atomic mass is 10.1. The van der Waals surface area contributed by atoms with Crippen molar-refractivity contribution in [2.45, 2.75) is 33.1 Å². The minimum Gasteiger partial charge on any atom is -0.356 e. The van der Waals surface area contributed by atoms with E-state index in [1.165, 1.54) is 0 Å². The molecule has 3 rings (SSSR count). The van der Waals surface area contributed by atoms with E-state index < -0.39 is 0 Å². The number of nitrogens with zero attached hydrogens (tertiary/aromatic N) is 2. The highest BCUT2D eigenvalue weighted by Gasteiger charge is 2.11. The number of H-pyrrole nitrogens is 2. The number of hydrogen-bond acceptors (Lipinski definition) is 3. The van der Waals surface area contributed by atoms with Crippen LogP contribution in [0.1, 0.15) is 29.2 Å². The van der Waals surface area contributed by atoms with Crippen LogP contribution < -0.4 is 5.32 Å². The molecule has 0 saturated heterocycles. The van der Waals surface area contributed by atoms with Crippen molar-refractivity contribution >= 4 is 28.5 Å². The summed E-state index contributed by atoms with van der Waals surface area (Å²) in [6.45, 7) is 4.45. The van der Waals surface area contributed by atoms with Crippen LogP contribution >= 0.6 is 11.6 Å². The van der Waals surface area contributed by atoms with E-state index in [0.717, 1.165) is 46.7 Å². The number of nitrogens with one attached hydrogen (secondary N) is 3. The van der Waals surface area contributed by atoms with E-state index in [1.54, 1.807) is 0 Å². The van der Waals surface area contributed by atoms with E-state index in [-0.39, 0.29) is 5.91 Å². The molecule has 2 heterocycles. The summed E-state index contributed by atoms with van der Waals surface area (Å²) in [6.07, 6.45) is 1.95. The van der Waals surface area contributed by atoms with Gasteiger partial charge in [0.15, 0.2) is 0 Å². The molecule has 0 aliphatic heterocycles. The summed E-state index contributed by atoms with van der Waals surface area (Å²) < 4.78 is 0. The molecule has 1 amide bonds. The molecule has 3 aromatic rings. The second kappa shape index (κ2) is 7.05. The molecule has 0 bridgehead atoms. The summed E-state index contributed by atoms with van der Waals surface area (Å²) in [5.41, 5.74) is 4.64. The van der Waals surface area contributed by atoms with Crippen molar-refractivity contribution < 1.29 is 4.79 Å². The van der Waals surface area contributed by atoms with Crippen molar-refractivity contribution in [2.24, 2.45) is 0 Å². The quantitative estimate of drug-likeness (QED) is 0.600. The molecule has 3 N–H and O–H groups in total. The van der Waals surface area contributed by atoms with Gasteiger partial charge in [-0.1, -0.05) is 11.6 Å². The van der Waals surface area contributed by atoms with Gasteiger partial charge in [-0.05, 0) is 38.5 Å². The fourth-order valence-corrected chi connectivity index (χ4v) is 2.87. The predicted octanol–water partition coefficient (Wildman–Crippen LogP) is 2.85. The van der Waals surface area contributed by atoms with Crippen LogP contribution in [0.5, 0.6) is 0 Å². The average Bonchev–Trinajstić information content (AvgIpc) is 3.08. The highest BCUT2D eigenvalue weighted by Crippen LogP contribution is 2.17. The topological polar surface area (TPSA) is 86.5 Å². The molecule has 0 aliphatic carbocycles. The van der Waals surface area contributed by atoms with E-state index in [0.29, 0.717) is 18.0 Å². The SMILES string of the molecule is Cc1n[nH]c(C)c1CC(=O)NCCCc1nc2ccc(Cl)cc2[nH]1. The lowest BCUT2D eigenvalue weighted by Gasteiger charge is -2.05. The molecule has 0 aliphatic rings. The third-order valence-corrected chi connectivity index (χ3v) is 4.26. The minimum absolute atomic E-state index is 0.0130. The van der Waals surface area contributed by atoms with Crippen LogP contribution in [0.4, 0.5) is 0 Å². The second-order valence-corrected chi connectivity index (χ2v) is 6.32. The lowest BCUT2D eigenvalue weighted by molar-refractivity contribution is -0.120. The number of fused-ring (bicyclic) bond motifs is 1. The van der Waals surface area contributed by atoms with Gasteiger partial charge in [0.2, 0.25) is 5.91 Å². The molecule has 126 valence electrons. The number of amides is 1. The molecule has 2 aromatic heterocycles. The Hall–Kier alpha value is -2.34. The van der Waals surface area contributed by atoms with Crippen molar-refractivity contribution in [2.75, 3.05) is 6.54 Å². The summed E-state index contributed by atoms with van der Waals surface area (Å²) in [5, 5.41) is 10.6. The van der Waals surface area contributed by atoms with Crippen LogP contribution in [0.15, 0.2) is 18.2 Å².